The molecule has 3 aromatic rings. The smallest absolute Gasteiger partial charge is 0.238 e. The van der Waals surface area contributed by atoms with Crippen molar-refractivity contribution in [3.05, 3.63) is 40.6 Å². The van der Waals surface area contributed by atoms with Crippen molar-refractivity contribution in [1.82, 2.24) is 13.6 Å². The van der Waals surface area contributed by atoms with Crippen LogP contribution in [0.25, 0.3) is 11.0 Å². The molecular formula is C18H20N4O2S2. The second-order valence-electron chi connectivity index (χ2n) is 6.37. The lowest BCUT2D eigenvalue weighted by molar-refractivity contribution is -0.117. The number of carbonyl (C=O) groups is 1. The maximum Gasteiger partial charge on any atom is 0.238 e. The van der Waals surface area contributed by atoms with E-state index in [1.165, 1.54) is 4.88 Å². The first-order valence-corrected chi connectivity index (χ1v) is 10.3. The van der Waals surface area contributed by atoms with Gasteiger partial charge in [0.05, 0.1) is 30.1 Å². The van der Waals surface area contributed by atoms with E-state index in [-0.39, 0.29) is 12.0 Å². The monoisotopic (exact) mass is 388 g/mol. The van der Waals surface area contributed by atoms with Crippen LogP contribution in [-0.2, 0) is 16.1 Å². The second kappa shape index (κ2) is 8.22. The number of benzene rings is 1. The molecule has 1 unspecified atom stereocenters. The van der Waals surface area contributed by atoms with Crippen molar-refractivity contribution >= 4 is 45.7 Å². The molecule has 1 saturated heterocycles. The molecule has 136 valence electrons. The number of hydrogen-bond donors (Lipinski definition) is 1. The van der Waals surface area contributed by atoms with E-state index in [4.69, 9.17) is 4.74 Å². The number of hydrogen-bond acceptors (Lipinski definition) is 7. The van der Waals surface area contributed by atoms with Crippen molar-refractivity contribution in [2.24, 2.45) is 0 Å². The van der Waals surface area contributed by atoms with Gasteiger partial charge in [-0.1, -0.05) is 12.1 Å². The van der Waals surface area contributed by atoms with E-state index in [9.17, 15) is 4.79 Å². The molecule has 8 heteroatoms. The first kappa shape index (κ1) is 17.5. The molecule has 0 radical (unpaired) electrons. The van der Waals surface area contributed by atoms with Crippen LogP contribution in [0.15, 0.2) is 35.7 Å². The Morgan fingerprint density at radius 1 is 1.31 bits per heavy atom. The minimum atomic E-state index is -0.0416. The van der Waals surface area contributed by atoms with Gasteiger partial charge >= 0.3 is 0 Å². The molecule has 1 aromatic carbocycles. The van der Waals surface area contributed by atoms with Crippen molar-refractivity contribution in [2.75, 3.05) is 25.0 Å². The zero-order valence-electron chi connectivity index (χ0n) is 14.3. The highest BCUT2D eigenvalue weighted by molar-refractivity contribution is 7.09. The Balaban J connectivity index is 1.43. The van der Waals surface area contributed by atoms with Gasteiger partial charge in [0.1, 0.15) is 11.0 Å². The van der Waals surface area contributed by atoms with Crippen LogP contribution < -0.4 is 5.32 Å². The van der Waals surface area contributed by atoms with Gasteiger partial charge in [-0.3, -0.25) is 9.69 Å². The van der Waals surface area contributed by atoms with E-state index < -0.39 is 0 Å². The van der Waals surface area contributed by atoms with Crippen LogP contribution >= 0.6 is 23.1 Å². The molecule has 1 amide bonds. The Labute approximate surface area is 160 Å². The summed E-state index contributed by atoms with van der Waals surface area (Å²) in [6.45, 7) is 2.68. The van der Waals surface area contributed by atoms with Crippen molar-refractivity contribution in [1.29, 1.82) is 0 Å². The standard InChI is InChI=1S/C18H20N4O2S2/c23-17(19-15-6-1-7-16-18(15)21-26-20-16)12-22(10-13-4-2-8-24-13)11-14-5-3-9-25-14/h1,3,5-7,9,13H,2,4,8,10-12H2,(H,19,23). The number of nitrogens with zero attached hydrogens (tertiary/aromatic N) is 3. The van der Waals surface area contributed by atoms with Crippen molar-refractivity contribution in [3.63, 3.8) is 0 Å². The third kappa shape index (κ3) is 4.27. The van der Waals surface area contributed by atoms with Gasteiger partial charge in [0.2, 0.25) is 5.91 Å². The normalized spacial score (nSPS) is 17.2. The van der Waals surface area contributed by atoms with E-state index in [0.717, 1.165) is 61.0 Å². The molecule has 2 aromatic heterocycles. The molecule has 3 heterocycles. The molecule has 0 bridgehead atoms. The average molecular weight is 389 g/mol. The summed E-state index contributed by atoms with van der Waals surface area (Å²) < 4.78 is 14.3. The molecule has 4 rings (SSSR count). The molecule has 0 aliphatic carbocycles. The number of nitrogens with one attached hydrogen (secondary N) is 1. The number of ether oxygens (including phenoxy) is 1. The Hall–Kier alpha value is -1.87. The number of fused-ring (bicyclic) bond motifs is 1. The third-order valence-electron chi connectivity index (χ3n) is 4.37. The zero-order chi connectivity index (χ0) is 17.8. The van der Waals surface area contributed by atoms with E-state index in [1.807, 2.05) is 24.3 Å². The van der Waals surface area contributed by atoms with E-state index in [1.54, 1.807) is 11.3 Å². The van der Waals surface area contributed by atoms with Crippen LogP contribution in [0.5, 0.6) is 0 Å². The quantitative estimate of drug-likeness (QED) is 0.672. The van der Waals surface area contributed by atoms with E-state index in [2.05, 4.69) is 30.4 Å². The van der Waals surface area contributed by atoms with Crippen molar-refractivity contribution in [3.8, 4) is 0 Å². The fourth-order valence-electron chi connectivity index (χ4n) is 3.18. The molecule has 1 aliphatic rings. The summed E-state index contributed by atoms with van der Waals surface area (Å²) in [4.78, 5) is 16.1. The fraction of sp³-hybridized carbons (Fsp3) is 0.389. The summed E-state index contributed by atoms with van der Waals surface area (Å²) in [5, 5.41) is 5.06. The summed E-state index contributed by atoms with van der Waals surface area (Å²) >= 11 is 2.87. The van der Waals surface area contributed by atoms with Crippen LogP contribution in [0.4, 0.5) is 5.69 Å². The summed E-state index contributed by atoms with van der Waals surface area (Å²) in [5.74, 6) is -0.0416. The SMILES string of the molecule is O=C(CN(Cc1cccs1)CC1CCCO1)Nc1cccc2nsnc12. The summed E-state index contributed by atoms with van der Waals surface area (Å²) in [6, 6.07) is 9.79. The van der Waals surface area contributed by atoms with Gasteiger partial charge in [-0.05, 0) is 36.4 Å². The lowest BCUT2D eigenvalue weighted by Crippen LogP contribution is -2.37. The number of amides is 1. The molecule has 26 heavy (non-hydrogen) atoms. The highest BCUT2D eigenvalue weighted by atomic mass is 32.1. The van der Waals surface area contributed by atoms with Gasteiger partial charge in [0.15, 0.2) is 0 Å². The molecule has 0 spiro atoms. The third-order valence-corrected chi connectivity index (χ3v) is 5.78. The van der Waals surface area contributed by atoms with Gasteiger partial charge in [-0.15, -0.1) is 11.3 Å². The molecule has 1 aliphatic heterocycles. The van der Waals surface area contributed by atoms with Crippen molar-refractivity contribution < 1.29 is 9.53 Å². The van der Waals surface area contributed by atoms with Crippen LogP contribution in [0.1, 0.15) is 17.7 Å². The predicted octanol–water partition coefficient (Wildman–Crippen LogP) is 3.37. The Kier molecular flexibility index (Phi) is 5.54. The van der Waals surface area contributed by atoms with E-state index in [0.29, 0.717) is 6.54 Å². The van der Waals surface area contributed by atoms with Crippen LogP contribution in [-0.4, -0.2) is 45.4 Å². The summed E-state index contributed by atoms with van der Waals surface area (Å²) in [7, 11) is 0. The highest BCUT2D eigenvalue weighted by Gasteiger charge is 2.21. The molecule has 0 saturated carbocycles. The molecule has 1 atom stereocenters. The van der Waals surface area contributed by atoms with Gasteiger partial charge in [-0.2, -0.15) is 8.75 Å². The van der Waals surface area contributed by atoms with Crippen LogP contribution in [0.3, 0.4) is 0 Å². The molecule has 6 nitrogen and oxygen atoms in total. The average Bonchev–Trinajstić information content (AvgIpc) is 3.37. The highest BCUT2D eigenvalue weighted by Crippen LogP contribution is 2.21. The first-order valence-electron chi connectivity index (χ1n) is 8.65. The molecule has 1 N–H and O–H groups in total. The number of carbonyl (C=O) groups excluding carboxylic acids is 1. The van der Waals surface area contributed by atoms with Gasteiger partial charge in [0, 0.05) is 24.6 Å². The van der Waals surface area contributed by atoms with Crippen LogP contribution in [0, 0.1) is 0 Å². The fourth-order valence-corrected chi connectivity index (χ4v) is 4.48. The number of anilines is 1. The molecular weight excluding hydrogens is 368 g/mol. The second-order valence-corrected chi connectivity index (χ2v) is 7.93. The first-order chi connectivity index (χ1) is 12.8. The van der Waals surface area contributed by atoms with Gasteiger partial charge < -0.3 is 10.1 Å². The summed E-state index contributed by atoms with van der Waals surface area (Å²) in [6.07, 6.45) is 2.38. The van der Waals surface area contributed by atoms with E-state index >= 15 is 0 Å². The lowest BCUT2D eigenvalue weighted by Gasteiger charge is -2.24. The van der Waals surface area contributed by atoms with Crippen molar-refractivity contribution in [2.45, 2.75) is 25.5 Å². The minimum Gasteiger partial charge on any atom is -0.377 e. The molecule has 1 fully saturated rings. The lowest BCUT2D eigenvalue weighted by atomic mass is 10.2. The van der Waals surface area contributed by atoms with Crippen LogP contribution in [0.2, 0.25) is 0 Å². The predicted molar refractivity (Wildman–Crippen MR) is 105 cm³/mol. The number of rotatable bonds is 7. The largest absolute Gasteiger partial charge is 0.377 e. The minimum absolute atomic E-state index is 0.0416. The number of thiophene rings is 1. The maximum atomic E-state index is 12.7. The zero-order valence-corrected chi connectivity index (χ0v) is 15.9. The Morgan fingerprint density at radius 2 is 2.27 bits per heavy atom. The van der Waals surface area contributed by atoms with Gasteiger partial charge in [0.25, 0.3) is 0 Å². The summed E-state index contributed by atoms with van der Waals surface area (Å²) in [5.41, 5.74) is 2.27. The number of aromatic nitrogens is 2. The Morgan fingerprint density at radius 3 is 3.08 bits per heavy atom. The maximum absolute atomic E-state index is 12.7. The van der Waals surface area contributed by atoms with Gasteiger partial charge in [-0.25, -0.2) is 0 Å². The topological polar surface area (TPSA) is 67.3 Å². The Bertz CT molecular complexity index is 859.